The molecule has 0 bridgehead atoms. The highest BCUT2D eigenvalue weighted by Gasteiger charge is 2.26. The molecule has 2 aromatic carbocycles. The van der Waals surface area contributed by atoms with Crippen molar-refractivity contribution in [2.45, 2.75) is 31.3 Å². The summed E-state index contributed by atoms with van der Waals surface area (Å²) in [5, 5.41) is 2.80. The van der Waals surface area contributed by atoms with Gasteiger partial charge in [0.1, 0.15) is 5.75 Å². The lowest BCUT2D eigenvalue weighted by Gasteiger charge is -2.26. The predicted molar refractivity (Wildman–Crippen MR) is 111 cm³/mol. The topological polar surface area (TPSA) is 84.9 Å². The van der Waals surface area contributed by atoms with Crippen molar-refractivity contribution in [3.8, 4) is 5.75 Å². The Morgan fingerprint density at radius 1 is 1.14 bits per heavy atom. The van der Waals surface area contributed by atoms with Gasteiger partial charge in [0, 0.05) is 18.8 Å². The Bertz CT molecular complexity index is 938. The molecule has 1 fully saturated rings. The average Bonchev–Trinajstić information content (AvgIpc) is 2.74. The van der Waals surface area contributed by atoms with Gasteiger partial charge in [-0.15, -0.1) is 0 Å². The number of ether oxygens (including phenoxy) is 2. The van der Waals surface area contributed by atoms with E-state index in [1.807, 2.05) is 38.1 Å². The minimum absolute atomic E-state index is 0.195. The van der Waals surface area contributed by atoms with Crippen LogP contribution < -0.4 is 10.1 Å². The van der Waals surface area contributed by atoms with Crippen LogP contribution in [0.15, 0.2) is 53.4 Å². The van der Waals surface area contributed by atoms with Gasteiger partial charge in [-0.05, 0) is 49.2 Å². The Balaban J connectivity index is 1.66. The van der Waals surface area contributed by atoms with Gasteiger partial charge in [-0.25, -0.2) is 8.42 Å². The SMILES string of the molecule is CC[C@H](Oc1ccccc1C)C(=O)Nc1ccc(S(=O)(=O)N2CCOCC2)cc1. The van der Waals surface area contributed by atoms with Crippen LogP contribution in [0.5, 0.6) is 5.75 Å². The van der Waals surface area contributed by atoms with Crippen molar-refractivity contribution in [3.05, 3.63) is 54.1 Å². The summed E-state index contributed by atoms with van der Waals surface area (Å²) in [6.07, 6.45) is -0.142. The van der Waals surface area contributed by atoms with E-state index in [0.717, 1.165) is 5.56 Å². The van der Waals surface area contributed by atoms with E-state index >= 15 is 0 Å². The van der Waals surface area contributed by atoms with Gasteiger partial charge in [0.2, 0.25) is 10.0 Å². The van der Waals surface area contributed by atoms with E-state index in [1.165, 1.54) is 16.4 Å². The van der Waals surface area contributed by atoms with E-state index in [9.17, 15) is 13.2 Å². The van der Waals surface area contributed by atoms with Gasteiger partial charge in [0.15, 0.2) is 6.10 Å². The number of nitrogens with one attached hydrogen (secondary N) is 1. The number of aryl methyl sites for hydroxylation is 1. The summed E-state index contributed by atoms with van der Waals surface area (Å²) < 4.78 is 37.8. The first kappa shape index (κ1) is 21.3. The van der Waals surface area contributed by atoms with Crippen LogP contribution in [0.25, 0.3) is 0 Å². The molecule has 29 heavy (non-hydrogen) atoms. The third kappa shape index (κ3) is 5.14. The van der Waals surface area contributed by atoms with E-state index in [-0.39, 0.29) is 10.8 Å². The van der Waals surface area contributed by atoms with Crippen LogP contribution in [-0.2, 0) is 19.6 Å². The quantitative estimate of drug-likeness (QED) is 0.747. The van der Waals surface area contributed by atoms with Crippen LogP contribution in [0.1, 0.15) is 18.9 Å². The fraction of sp³-hybridized carbons (Fsp3) is 0.381. The van der Waals surface area contributed by atoms with Gasteiger partial charge < -0.3 is 14.8 Å². The van der Waals surface area contributed by atoms with E-state index in [2.05, 4.69) is 5.32 Å². The second kappa shape index (κ2) is 9.39. The number of hydrogen-bond acceptors (Lipinski definition) is 5. The summed E-state index contributed by atoms with van der Waals surface area (Å²) in [7, 11) is -3.56. The molecule has 1 aliphatic heterocycles. The molecule has 3 rings (SSSR count). The summed E-state index contributed by atoms with van der Waals surface area (Å²) in [5.41, 5.74) is 1.47. The fourth-order valence-electron chi connectivity index (χ4n) is 3.03. The smallest absolute Gasteiger partial charge is 0.265 e. The van der Waals surface area contributed by atoms with Crippen LogP contribution in [0.3, 0.4) is 0 Å². The molecule has 0 unspecified atom stereocenters. The molecular weight excluding hydrogens is 392 g/mol. The number of benzene rings is 2. The molecule has 1 aliphatic rings. The summed E-state index contributed by atoms with van der Waals surface area (Å²) >= 11 is 0. The number of amides is 1. The first-order valence-corrected chi connectivity index (χ1v) is 11.1. The van der Waals surface area contributed by atoms with Crippen molar-refractivity contribution in [1.29, 1.82) is 0 Å². The van der Waals surface area contributed by atoms with Crippen LogP contribution in [-0.4, -0.2) is 51.0 Å². The van der Waals surface area contributed by atoms with E-state index in [1.54, 1.807) is 12.1 Å². The van der Waals surface area contributed by atoms with Crippen molar-refractivity contribution in [1.82, 2.24) is 4.31 Å². The Hall–Kier alpha value is -2.42. The second-order valence-corrected chi connectivity index (χ2v) is 8.75. The lowest BCUT2D eigenvalue weighted by molar-refractivity contribution is -0.122. The number of nitrogens with zero attached hydrogens (tertiary/aromatic N) is 1. The number of sulfonamides is 1. The number of carbonyl (C=O) groups excluding carboxylic acids is 1. The number of rotatable bonds is 7. The maximum atomic E-state index is 12.7. The molecule has 1 atom stereocenters. The van der Waals surface area contributed by atoms with E-state index in [4.69, 9.17) is 9.47 Å². The lowest BCUT2D eigenvalue weighted by atomic mass is 10.2. The van der Waals surface area contributed by atoms with Crippen LogP contribution in [0, 0.1) is 6.92 Å². The van der Waals surface area contributed by atoms with Gasteiger partial charge in [-0.2, -0.15) is 4.31 Å². The maximum absolute atomic E-state index is 12.7. The molecule has 0 radical (unpaired) electrons. The summed E-state index contributed by atoms with van der Waals surface area (Å²) in [6.45, 7) is 5.28. The van der Waals surface area contributed by atoms with Crippen molar-refractivity contribution < 1.29 is 22.7 Å². The van der Waals surface area contributed by atoms with E-state index in [0.29, 0.717) is 44.2 Å². The second-order valence-electron chi connectivity index (χ2n) is 6.81. The molecule has 0 aromatic heterocycles. The third-order valence-corrected chi connectivity index (χ3v) is 6.67. The third-order valence-electron chi connectivity index (χ3n) is 4.76. The highest BCUT2D eigenvalue weighted by molar-refractivity contribution is 7.89. The monoisotopic (exact) mass is 418 g/mol. The van der Waals surface area contributed by atoms with Gasteiger partial charge >= 0.3 is 0 Å². The number of carbonyl (C=O) groups is 1. The van der Waals surface area contributed by atoms with Crippen molar-refractivity contribution in [3.63, 3.8) is 0 Å². The first-order chi connectivity index (χ1) is 13.9. The number of morpholine rings is 1. The molecule has 1 N–H and O–H groups in total. The average molecular weight is 419 g/mol. The highest BCUT2D eigenvalue weighted by Crippen LogP contribution is 2.21. The number of hydrogen-bond donors (Lipinski definition) is 1. The van der Waals surface area contributed by atoms with E-state index < -0.39 is 16.1 Å². The molecule has 0 spiro atoms. The molecule has 1 heterocycles. The fourth-order valence-corrected chi connectivity index (χ4v) is 4.44. The van der Waals surface area contributed by atoms with Gasteiger partial charge in [0.25, 0.3) is 5.91 Å². The Labute approximate surface area is 171 Å². The Kier molecular flexibility index (Phi) is 6.89. The molecule has 156 valence electrons. The summed E-state index contributed by atoms with van der Waals surface area (Å²) in [5.74, 6) is 0.390. The zero-order chi connectivity index (χ0) is 20.9. The summed E-state index contributed by atoms with van der Waals surface area (Å²) in [4.78, 5) is 12.8. The number of para-hydroxylation sites is 1. The normalized spacial score (nSPS) is 16.2. The summed E-state index contributed by atoms with van der Waals surface area (Å²) in [6, 6.07) is 13.7. The predicted octanol–water partition coefficient (Wildman–Crippen LogP) is 2.81. The van der Waals surface area contributed by atoms with Gasteiger partial charge in [0.05, 0.1) is 18.1 Å². The maximum Gasteiger partial charge on any atom is 0.265 e. The molecule has 8 heteroatoms. The Morgan fingerprint density at radius 2 is 1.79 bits per heavy atom. The van der Waals surface area contributed by atoms with Crippen molar-refractivity contribution >= 4 is 21.6 Å². The van der Waals surface area contributed by atoms with Crippen LogP contribution in [0.2, 0.25) is 0 Å². The molecular formula is C21H26N2O5S. The zero-order valence-electron chi connectivity index (χ0n) is 16.6. The van der Waals surface area contributed by atoms with Crippen LogP contribution in [0.4, 0.5) is 5.69 Å². The largest absolute Gasteiger partial charge is 0.480 e. The highest BCUT2D eigenvalue weighted by atomic mass is 32.2. The van der Waals surface area contributed by atoms with Gasteiger partial charge in [-0.1, -0.05) is 25.1 Å². The molecule has 7 nitrogen and oxygen atoms in total. The van der Waals surface area contributed by atoms with Crippen LogP contribution >= 0.6 is 0 Å². The standard InChI is InChI=1S/C21H26N2O5S/c1-3-19(28-20-7-5-4-6-16(20)2)21(24)22-17-8-10-18(11-9-17)29(25,26)23-12-14-27-15-13-23/h4-11,19H,3,12-15H2,1-2H3,(H,22,24)/t19-/m0/s1. The molecule has 1 amide bonds. The number of anilines is 1. The Morgan fingerprint density at radius 3 is 2.41 bits per heavy atom. The first-order valence-electron chi connectivity index (χ1n) is 9.63. The lowest BCUT2D eigenvalue weighted by Crippen LogP contribution is -2.40. The van der Waals surface area contributed by atoms with Crippen molar-refractivity contribution in [2.75, 3.05) is 31.6 Å². The van der Waals surface area contributed by atoms with Crippen molar-refractivity contribution in [2.24, 2.45) is 0 Å². The van der Waals surface area contributed by atoms with Gasteiger partial charge in [-0.3, -0.25) is 4.79 Å². The molecule has 1 saturated heterocycles. The minimum atomic E-state index is -3.56. The molecule has 2 aromatic rings. The minimum Gasteiger partial charge on any atom is -0.480 e. The molecule has 0 saturated carbocycles. The zero-order valence-corrected chi connectivity index (χ0v) is 17.4. The molecule has 0 aliphatic carbocycles.